The Morgan fingerprint density at radius 2 is 2.00 bits per heavy atom. The fourth-order valence-corrected chi connectivity index (χ4v) is 3.85. The average molecular weight is 443 g/mol. The van der Waals surface area contributed by atoms with E-state index < -0.39 is 0 Å². The summed E-state index contributed by atoms with van der Waals surface area (Å²) in [7, 11) is 1.66. The van der Waals surface area contributed by atoms with Gasteiger partial charge in [-0.25, -0.2) is 14.4 Å². The molecule has 0 spiro atoms. The van der Waals surface area contributed by atoms with Crippen LogP contribution >= 0.6 is 11.8 Å². The number of nitrogens with one attached hydrogen (secondary N) is 1. The predicted molar refractivity (Wildman–Crippen MR) is 123 cm³/mol. The molecular weight excluding hydrogens is 415 g/mol. The van der Waals surface area contributed by atoms with Gasteiger partial charge >= 0.3 is 0 Å². The van der Waals surface area contributed by atoms with Gasteiger partial charge in [0.1, 0.15) is 11.6 Å². The van der Waals surface area contributed by atoms with Gasteiger partial charge < -0.3 is 14.6 Å². The van der Waals surface area contributed by atoms with Crippen LogP contribution < -0.4 is 5.32 Å². The minimum atomic E-state index is -0.296. The highest BCUT2D eigenvalue weighted by atomic mass is 32.2. The molecule has 1 N–H and O–H groups in total. The van der Waals surface area contributed by atoms with Gasteiger partial charge in [-0.2, -0.15) is 0 Å². The lowest BCUT2D eigenvalue weighted by molar-refractivity contribution is -0.116. The zero-order valence-corrected chi connectivity index (χ0v) is 18.8. The number of ether oxygens (including phenoxy) is 1. The molecule has 0 bridgehead atoms. The van der Waals surface area contributed by atoms with E-state index in [2.05, 4.69) is 14.9 Å². The summed E-state index contributed by atoms with van der Waals surface area (Å²) in [6, 6.07) is 10.0. The van der Waals surface area contributed by atoms with Crippen LogP contribution in [0.25, 0.3) is 22.5 Å². The van der Waals surface area contributed by atoms with Crippen molar-refractivity contribution in [3.05, 3.63) is 48.4 Å². The number of pyridine rings is 1. The number of amides is 1. The molecule has 1 amide bonds. The average Bonchev–Trinajstić information content (AvgIpc) is 3.15. The largest absolute Gasteiger partial charge is 0.383 e. The molecule has 0 radical (unpaired) electrons. The van der Waals surface area contributed by atoms with E-state index in [-0.39, 0.29) is 11.7 Å². The topological polar surface area (TPSA) is 69.0 Å². The molecule has 8 heteroatoms. The molecule has 1 aromatic carbocycles. The predicted octanol–water partition coefficient (Wildman–Crippen LogP) is 5.25. The Kier molecular flexibility index (Phi) is 8.20. The van der Waals surface area contributed by atoms with Crippen molar-refractivity contribution in [1.82, 2.24) is 14.5 Å². The Labute approximate surface area is 186 Å². The van der Waals surface area contributed by atoms with E-state index in [9.17, 15) is 9.18 Å². The molecule has 3 aromatic rings. The number of halogens is 1. The maximum atomic E-state index is 13.5. The van der Waals surface area contributed by atoms with Crippen molar-refractivity contribution < 1.29 is 13.9 Å². The van der Waals surface area contributed by atoms with E-state index in [1.165, 1.54) is 23.9 Å². The number of benzene rings is 1. The standard InChI is InChI=1S/C23H27FN4O2S/c1-4-5-6-20(29)26-19-15-17(11-12-25-19)22-21(16-7-9-18(24)10-8-16)27-23(31-3)28(22)13-14-30-2/h7-12,15H,4-6,13-14H2,1-3H3,(H,25,26,29). The third-order valence-corrected chi connectivity index (χ3v) is 5.49. The van der Waals surface area contributed by atoms with E-state index in [0.29, 0.717) is 25.4 Å². The Bertz CT molecular complexity index is 1020. The molecule has 0 aliphatic rings. The fourth-order valence-electron chi connectivity index (χ4n) is 3.27. The first kappa shape index (κ1) is 23.0. The van der Waals surface area contributed by atoms with Crippen LogP contribution in [0.2, 0.25) is 0 Å². The first-order chi connectivity index (χ1) is 15.1. The van der Waals surface area contributed by atoms with Crippen LogP contribution in [-0.4, -0.2) is 40.4 Å². The number of rotatable bonds is 10. The minimum Gasteiger partial charge on any atom is -0.383 e. The molecule has 0 aliphatic carbocycles. The first-order valence-corrected chi connectivity index (χ1v) is 11.5. The molecule has 164 valence electrons. The molecule has 31 heavy (non-hydrogen) atoms. The van der Waals surface area contributed by atoms with Crippen LogP contribution in [0.1, 0.15) is 26.2 Å². The molecule has 6 nitrogen and oxygen atoms in total. The summed E-state index contributed by atoms with van der Waals surface area (Å²) in [4.78, 5) is 21.3. The Morgan fingerprint density at radius 3 is 2.68 bits per heavy atom. The molecule has 3 rings (SSSR count). The monoisotopic (exact) mass is 442 g/mol. The second-order valence-corrected chi connectivity index (χ2v) is 7.80. The summed E-state index contributed by atoms with van der Waals surface area (Å²) >= 11 is 1.53. The molecular formula is C23H27FN4O2S. The molecule has 0 unspecified atom stereocenters. The van der Waals surface area contributed by atoms with Gasteiger partial charge in [0.2, 0.25) is 5.91 Å². The number of carbonyl (C=O) groups excluding carboxylic acids is 1. The third-order valence-electron chi connectivity index (χ3n) is 4.81. The SMILES string of the molecule is CCCCC(=O)Nc1cc(-c2c(-c3ccc(F)cc3)nc(SC)n2CCOC)ccn1. The number of methoxy groups -OCH3 is 1. The number of hydrogen-bond acceptors (Lipinski definition) is 5. The van der Waals surface area contributed by atoms with E-state index in [4.69, 9.17) is 9.72 Å². The third kappa shape index (κ3) is 5.71. The maximum absolute atomic E-state index is 13.5. The van der Waals surface area contributed by atoms with E-state index >= 15 is 0 Å². The van der Waals surface area contributed by atoms with Gasteiger partial charge in [0.15, 0.2) is 5.16 Å². The molecule has 0 aliphatic heterocycles. The Hall–Kier alpha value is -2.71. The number of anilines is 1. The number of carbonyl (C=O) groups is 1. The fraction of sp³-hybridized carbons (Fsp3) is 0.348. The Balaban J connectivity index is 2.07. The number of hydrogen-bond donors (Lipinski definition) is 1. The first-order valence-electron chi connectivity index (χ1n) is 10.2. The van der Waals surface area contributed by atoms with Crippen LogP contribution in [0.4, 0.5) is 10.2 Å². The summed E-state index contributed by atoms with van der Waals surface area (Å²) in [6.45, 7) is 3.18. The van der Waals surface area contributed by atoms with Crippen molar-refractivity contribution in [2.75, 3.05) is 25.3 Å². The van der Waals surface area contributed by atoms with Crippen LogP contribution in [0.15, 0.2) is 47.8 Å². The quantitative estimate of drug-likeness (QED) is 0.435. The van der Waals surface area contributed by atoms with Gasteiger partial charge in [-0.1, -0.05) is 25.1 Å². The lowest BCUT2D eigenvalue weighted by atomic mass is 10.1. The Morgan fingerprint density at radius 1 is 1.23 bits per heavy atom. The van der Waals surface area contributed by atoms with Crippen LogP contribution in [0.3, 0.4) is 0 Å². The summed E-state index contributed by atoms with van der Waals surface area (Å²) in [5, 5.41) is 3.71. The highest BCUT2D eigenvalue weighted by molar-refractivity contribution is 7.98. The number of thioether (sulfide) groups is 1. The maximum Gasteiger partial charge on any atom is 0.225 e. The van der Waals surface area contributed by atoms with E-state index in [0.717, 1.165) is 40.5 Å². The second kappa shape index (κ2) is 11.1. The van der Waals surface area contributed by atoms with Gasteiger partial charge in [0.25, 0.3) is 0 Å². The number of imidazole rings is 1. The molecule has 2 aromatic heterocycles. The van der Waals surface area contributed by atoms with Gasteiger partial charge in [0, 0.05) is 37.4 Å². The zero-order valence-electron chi connectivity index (χ0n) is 18.0. The molecule has 0 atom stereocenters. The van der Waals surface area contributed by atoms with Crippen molar-refractivity contribution in [2.45, 2.75) is 37.9 Å². The van der Waals surface area contributed by atoms with Crippen molar-refractivity contribution in [3.63, 3.8) is 0 Å². The highest BCUT2D eigenvalue weighted by Crippen LogP contribution is 2.36. The van der Waals surface area contributed by atoms with Gasteiger partial charge in [-0.05, 0) is 49.1 Å². The van der Waals surface area contributed by atoms with Crippen molar-refractivity contribution in [1.29, 1.82) is 0 Å². The molecule has 2 heterocycles. The lowest BCUT2D eigenvalue weighted by Crippen LogP contribution is -2.12. The second-order valence-electron chi connectivity index (χ2n) is 7.03. The molecule has 0 fully saturated rings. The smallest absolute Gasteiger partial charge is 0.225 e. The van der Waals surface area contributed by atoms with Crippen molar-refractivity contribution >= 4 is 23.5 Å². The van der Waals surface area contributed by atoms with Crippen molar-refractivity contribution in [2.24, 2.45) is 0 Å². The van der Waals surface area contributed by atoms with Crippen LogP contribution in [0, 0.1) is 5.82 Å². The van der Waals surface area contributed by atoms with Gasteiger partial charge in [-0.3, -0.25) is 4.79 Å². The van der Waals surface area contributed by atoms with Crippen LogP contribution in [-0.2, 0) is 16.1 Å². The van der Waals surface area contributed by atoms with Gasteiger partial charge in [0.05, 0.1) is 18.0 Å². The molecule has 0 saturated carbocycles. The minimum absolute atomic E-state index is 0.0528. The zero-order chi connectivity index (χ0) is 22.2. The van der Waals surface area contributed by atoms with Crippen molar-refractivity contribution in [3.8, 4) is 22.5 Å². The lowest BCUT2D eigenvalue weighted by Gasteiger charge is -2.13. The van der Waals surface area contributed by atoms with E-state index in [1.54, 1.807) is 25.4 Å². The van der Waals surface area contributed by atoms with E-state index in [1.807, 2.05) is 25.3 Å². The number of nitrogens with zero attached hydrogens (tertiary/aromatic N) is 3. The summed E-state index contributed by atoms with van der Waals surface area (Å²) in [6.07, 6.45) is 5.90. The summed E-state index contributed by atoms with van der Waals surface area (Å²) in [5.74, 6) is 0.145. The number of aromatic nitrogens is 3. The van der Waals surface area contributed by atoms with Gasteiger partial charge in [-0.15, -0.1) is 0 Å². The normalized spacial score (nSPS) is 11.0. The summed E-state index contributed by atoms with van der Waals surface area (Å²) in [5.41, 5.74) is 3.30. The van der Waals surface area contributed by atoms with Crippen LogP contribution in [0.5, 0.6) is 0 Å². The highest BCUT2D eigenvalue weighted by Gasteiger charge is 2.20. The molecule has 0 saturated heterocycles. The summed E-state index contributed by atoms with van der Waals surface area (Å²) < 4.78 is 20.9. The number of unbranched alkanes of at least 4 members (excludes halogenated alkanes) is 1.